The minimum Gasteiger partial charge on any atom is -0.394 e. The molecule has 8 nitrogen and oxygen atoms in total. The van der Waals surface area contributed by atoms with Crippen LogP contribution in [-0.2, 0) is 18.9 Å². The zero-order chi connectivity index (χ0) is 18.0. The van der Waals surface area contributed by atoms with Gasteiger partial charge in [0.1, 0.15) is 30.5 Å². The van der Waals surface area contributed by atoms with Crippen molar-refractivity contribution in [3.05, 3.63) is 0 Å². The highest BCUT2D eigenvalue weighted by atomic mass is 16.7. The molecule has 0 aromatic heterocycles. The van der Waals surface area contributed by atoms with Gasteiger partial charge in [0.15, 0.2) is 6.29 Å². The lowest BCUT2D eigenvalue weighted by atomic mass is 9.92. The number of rotatable bonds is 5. The molecule has 4 N–H and O–H groups in total. The van der Waals surface area contributed by atoms with Crippen molar-refractivity contribution in [3.8, 4) is 0 Å². The summed E-state index contributed by atoms with van der Waals surface area (Å²) in [6, 6.07) is 0. The highest BCUT2D eigenvalue weighted by Crippen LogP contribution is 2.31. The molecule has 2 heterocycles. The number of aliphatic hydroxyl groups is 4. The van der Waals surface area contributed by atoms with Crippen LogP contribution in [0.15, 0.2) is 0 Å². The van der Waals surface area contributed by atoms with Crippen LogP contribution in [0.1, 0.15) is 27.2 Å². The number of ether oxygens (including phenoxy) is 4. The molecule has 2 aliphatic rings. The normalized spacial score (nSPS) is 47.1. The van der Waals surface area contributed by atoms with E-state index in [0.29, 0.717) is 12.3 Å². The van der Waals surface area contributed by atoms with Gasteiger partial charge in [-0.05, 0) is 12.8 Å². The van der Waals surface area contributed by atoms with Gasteiger partial charge in [0.25, 0.3) is 0 Å². The van der Waals surface area contributed by atoms with E-state index in [-0.39, 0.29) is 18.3 Å². The highest BCUT2D eigenvalue weighted by Gasteiger charge is 2.47. The first-order valence-electron chi connectivity index (χ1n) is 8.44. The quantitative estimate of drug-likeness (QED) is 0.500. The van der Waals surface area contributed by atoms with E-state index in [1.165, 1.54) is 0 Å². The average Bonchev–Trinajstić information content (AvgIpc) is 2.56. The van der Waals surface area contributed by atoms with Crippen molar-refractivity contribution in [1.82, 2.24) is 0 Å². The highest BCUT2D eigenvalue weighted by molar-refractivity contribution is 4.92. The van der Waals surface area contributed by atoms with Gasteiger partial charge in [-0.15, -0.1) is 0 Å². The van der Waals surface area contributed by atoms with Crippen LogP contribution in [0.2, 0.25) is 0 Å². The summed E-state index contributed by atoms with van der Waals surface area (Å²) in [4.78, 5) is 0. The van der Waals surface area contributed by atoms with Gasteiger partial charge in [-0.2, -0.15) is 0 Å². The summed E-state index contributed by atoms with van der Waals surface area (Å²) < 4.78 is 22.7. The zero-order valence-corrected chi connectivity index (χ0v) is 14.6. The fourth-order valence-corrected chi connectivity index (χ4v) is 3.27. The van der Waals surface area contributed by atoms with Gasteiger partial charge in [0.2, 0.25) is 0 Å². The third-order valence-electron chi connectivity index (χ3n) is 4.87. The maximum absolute atomic E-state index is 10.1. The van der Waals surface area contributed by atoms with Crippen molar-refractivity contribution in [2.45, 2.75) is 82.3 Å². The van der Waals surface area contributed by atoms with Crippen LogP contribution in [0.25, 0.3) is 0 Å². The summed E-state index contributed by atoms with van der Waals surface area (Å²) in [7, 11) is 1.59. The third kappa shape index (κ3) is 4.08. The van der Waals surface area contributed by atoms with Crippen molar-refractivity contribution in [2.75, 3.05) is 13.7 Å². The number of hydrogen-bond donors (Lipinski definition) is 4. The second-order valence-electron chi connectivity index (χ2n) is 6.93. The lowest BCUT2D eigenvalue weighted by Crippen LogP contribution is -2.61. The van der Waals surface area contributed by atoms with Crippen LogP contribution in [-0.4, -0.2) is 89.3 Å². The lowest BCUT2D eigenvalue weighted by molar-refractivity contribution is -0.333. The van der Waals surface area contributed by atoms with E-state index in [4.69, 9.17) is 18.9 Å². The Balaban J connectivity index is 2.07. The molecule has 2 saturated heterocycles. The van der Waals surface area contributed by atoms with Crippen molar-refractivity contribution >= 4 is 0 Å². The van der Waals surface area contributed by atoms with E-state index in [1.54, 1.807) is 7.11 Å². The first-order chi connectivity index (χ1) is 11.3. The smallest absolute Gasteiger partial charge is 0.187 e. The van der Waals surface area contributed by atoms with Crippen LogP contribution < -0.4 is 0 Å². The molecule has 0 radical (unpaired) electrons. The Morgan fingerprint density at radius 1 is 1.08 bits per heavy atom. The van der Waals surface area contributed by atoms with Crippen molar-refractivity contribution in [1.29, 1.82) is 0 Å². The first kappa shape index (κ1) is 20.0. The molecule has 0 spiro atoms. The van der Waals surface area contributed by atoms with Gasteiger partial charge in [0.05, 0.1) is 24.9 Å². The van der Waals surface area contributed by atoms with Crippen LogP contribution in [0.3, 0.4) is 0 Å². The first-order valence-corrected chi connectivity index (χ1v) is 8.44. The lowest BCUT2D eigenvalue weighted by Gasteiger charge is -2.45. The van der Waals surface area contributed by atoms with E-state index in [2.05, 4.69) is 13.8 Å². The summed E-state index contributed by atoms with van der Waals surface area (Å²) in [5.41, 5.74) is 0. The van der Waals surface area contributed by atoms with E-state index in [9.17, 15) is 20.4 Å². The van der Waals surface area contributed by atoms with Gasteiger partial charge < -0.3 is 39.4 Å². The molecule has 0 amide bonds. The number of hydrogen-bond acceptors (Lipinski definition) is 8. The average molecular weight is 350 g/mol. The molecular formula is C16H30O8. The Bertz CT molecular complexity index is 390. The Kier molecular flexibility index (Phi) is 6.98. The number of methoxy groups -OCH3 is 1. The molecule has 2 rings (SSSR count). The Morgan fingerprint density at radius 3 is 2.29 bits per heavy atom. The third-order valence-corrected chi connectivity index (χ3v) is 4.87. The van der Waals surface area contributed by atoms with Crippen LogP contribution in [0.4, 0.5) is 0 Å². The summed E-state index contributed by atoms with van der Waals surface area (Å²) >= 11 is 0. The summed E-state index contributed by atoms with van der Waals surface area (Å²) in [6.45, 7) is 5.51. The van der Waals surface area contributed by atoms with Gasteiger partial charge in [-0.1, -0.05) is 13.8 Å². The van der Waals surface area contributed by atoms with Crippen molar-refractivity contribution < 1.29 is 39.4 Å². The standard InChI is InChI=1S/C16H30O8/c1-7(2)9-5-10(21-4)15(8(3)22-9)24-16-14(20)13(19)12(18)11(6-17)23-16/h7-20H,5-6H2,1-4H3. The fraction of sp³-hybridized carbons (Fsp3) is 1.00. The van der Waals surface area contributed by atoms with Gasteiger partial charge in [-0.3, -0.25) is 0 Å². The van der Waals surface area contributed by atoms with Crippen molar-refractivity contribution in [3.63, 3.8) is 0 Å². The maximum Gasteiger partial charge on any atom is 0.187 e. The molecule has 0 bridgehead atoms. The second kappa shape index (κ2) is 8.37. The van der Waals surface area contributed by atoms with E-state index < -0.39 is 43.4 Å². The molecule has 0 aliphatic carbocycles. The zero-order valence-electron chi connectivity index (χ0n) is 14.6. The van der Waals surface area contributed by atoms with E-state index >= 15 is 0 Å². The molecule has 142 valence electrons. The van der Waals surface area contributed by atoms with E-state index in [1.807, 2.05) is 6.92 Å². The SMILES string of the molecule is COC1CC(C(C)C)OC(C)C1OC1OC(CO)C(O)C(O)C1O. The van der Waals surface area contributed by atoms with Gasteiger partial charge in [-0.25, -0.2) is 0 Å². The predicted octanol–water partition coefficient (Wildman–Crippen LogP) is -0.980. The number of aliphatic hydroxyl groups excluding tert-OH is 4. The van der Waals surface area contributed by atoms with Crippen LogP contribution in [0, 0.1) is 5.92 Å². The molecule has 2 fully saturated rings. The monoisotopic (exact) mass is 350 g/mol. The van der Waals surface area contributed by atoms with Gasteiger partial charge in [0, 0.05) is 13.5 Å². The Morgan fingerprint density at radius 2 is 1.75 bits per heavy atom. The molecule has 0 aromatic rings. The maximum atomic E-state index is 10.1. The second-order valence-corrected chi connectivity index (χ2v) is 6.93. The molecule has 0 aromatic carbocycles. The largest absolute Gasteiger partial charge is 0.394 e. The summed E-state index contributed by atoms with van der Waals surface area (Å²) in [5, 5.41) is 39.1. The Labute approximate surface area is 142 Å². The van der Waals surface area contributed by atoms with Crippen LogP contribution in [0.5, 0.6) is 0 Å². The minimum atomic E-state index is -1.47. The molecule has 9 unspecified atom stereocenters. The minimum absolute atomic E-state index is 0.0413. The predicted molar refractivity (Wildman–Crippen MR) is 83.2 cm³/mol. The molecule has 9 atom stereocenters. The molecular weight excluding hydrogens is 320 g/mol. The topological polar surface area (TPSA) is 118 Å². The summed E-state index contributed by atoms with van der Waals surface area (Å²) in [5.74, 6) is 0.332. The molecule has 0 saturated carbocycles. The van der Waals surface area contributed by atoms with Crippen LogP contribution >= 0.6 is 0 Å². The fourth-order valence-electron chi connectivity index (χ4n) is 3.27. The van der Waals surface area contributed by atoms with E-state index in [0.717, 1.165) is 0 Å². The molecule has 24 heavy (non-hydrogen) atoms. The summed E-state index contributed by atoms with van der Waals surface area (Å²) in [6.07, 6.45) is -6.89. The Hall–Kier alpha value is -0.320. The molecule has 2 aliphatic heterocycles. The molecule has 8 heteroatoms. The van der Waals surface area contributed by atoms with Crippen molar-refractivity contribution in [2.24, 2.45) is 5.92 Å². The van der Waals surface area contributed by atoms with Gasteiger partial charge >= 0.3 is 0 Å².